The molecule has 5 aromatic rings. The van der Waals surface area contributed by atoms with E-state index in [0.29, 0.717) is 0 Å². The van der Waals surface area contributed by atoms with Gasteiger partial charge in [-0.25, -0.2) is 14.4 Å². The summed E-state index contributed by atoms with van der Waals surface area (Å²) in [4.78, 5) is 25.8. The molecule has 8 heteroatoms. The lowest BCUT2D eigenvalue weighted by atomic mass is 10.2. The number of hydrogen-bond acceptors (Lipinski definition) is 4. The van der Waals surface area contributed by atoms with Gasteiger partial charge in [-0.05, 0) is 43.3 Å². The molecule has 30 heavy (non-hydrogen) atoms. The van der Waals surface area contributed by atoms with E-state index in [1.165, 1.54) is 23.5 Å². The number of rotatable bonds is 5. The predicted octanol–water partition coefficient (Wildman–Crippen LogP) is 4.50. The van der Waals surface area contributed by atoms with Gasteiger partial charge in [0.2, 0.25) is 5.91 Å². The van der Waals surface area contributed by atoms with Gasteiger partial charge in [0.15, 0.2) is 4.96 Å². The van der Waals surface area contributed by atoms with Gasteiger partial charge in [-0.3, -0.25) is 9.20 Å². The number of nitrogens with one attached hydrogen (secondary N) is 2. The number of benzene rings is 2. The van der Waals surface area contributed by atoms with Crippen LogP contribution >= 0.6 is 11.3 Å². The zero-order chi connectivity index (χ0) is 20.7. The quantitative estimate of drug-likeness (QED) is 0.441. The molecule has 3 aromatic heterocycles. The molecule has 1 atom stereocenters. The van der Waals surface area contributed by atoms with Gasteiger partial charge in [-0.1, -0.05) is 12.1 Å². The average molecular weight is 419 g/mol. The topological polar surface area (TPSA) is 75.1 Å². The van der Waals surface area contributed by atoms with Crippen LogP contribution in [0.2, 0.25) is 0 Å². The number of fused-ring (bicyclic) bond motifs is 2. The normalized spacial score (nSPS) is 12.5. The number of H-pyrrole nitrogens is 1. The molecule has 1 amide bonds. The van der Waals surface area contributed by atoms with Crippen LogP contribution in [0.1, 0.15) is 24.5 Å². The SMILES string of the molecule is C[C@H](NC(=O)Cc1csc2nc(-c3ccc(F)cc3)cn12)c1nc2ccccc2[nH]1. The highest BCUT2D eigenvalue weighted by Gasteiger charge is 2.16. The summed E-state index contributed by atoms with van der Waals surface area (Å²) in [6.07, 6.45) is 2.11. The third-order valence-corrected chi connectivity index (χ3v) is 5.85. The Morgan fingerprint density at radius 3 is 2.80 bits per heavy atom. The molecule has 6 nitrogen and oxygen atoms in total. The van der Waals surface area contributed by atoms with Gasteiger partial charge in [-0.2, -0.15) is 0 Å². The Bertz CT molecular complexity index is 1320. The first kappa shape index (κ1) is 18.5. The first-order valence-electron chi connectivity index (χ1n) is 9.52. The van der Waals surface area contributed by atoms with Gasteiger partial charge in [-0.15, -0.1) is 11.3 Å². The molecule has 0 aliphatic heterocycles. The minimum atomic E-state index is -0.282. The van der Waals surface area contributed by atoms with Crippen molar-refractivity contribution in [2.45, 2.75) is 19.4 Å². The van der Waals surface area contributed by atoms with Gasteiger partial charge < -0.3 is 10.3 Å². The standard InChI is InChI=1S/C22H18FN5OS/c1-13(21-25-17-4-2-3-5-18(17)26-21)24-20(29)10-16-12-30-22-27-19(11-28(16)22)14-6-8-15(23)9-7-14/h2-9,11-13H,10H2,1H3,(H,24,29)(H,25,26)/t13-/m0/s1. The first-order valence-corrected chi connectivity index (χ1v) is 10.4. The molecule has 0 aliphatic rings. The lowest BCUT2D eigenvalue weighted by Crippen LogP contribution is -2.29. The Morgan fingerprint density at radius 2 is 2.00 bits per heavy atom. The maximum atomic E-state index is 13.2. The number of nitrogens with zero attached hydrogens (tertiary/aromatic N) is 3. The van der Waals surface area contributed by atoms with E-state index in [4.69, 9.17) is 0 Å². The molecule has 3 heterocycles. The minimum Gasteiger partial charge on any atom is -0.346 e. The fourth-order valence-corrected chi connectivity index (χ4v) is 4.29. The molecule has 0 spiro atoms. The van der Waals surface area contributed by atoms with Gasteiger partial charge in [0.05, 0.1) is 29.2 Å². The Hall–Kier alpha value is -3.52. The predicted molar refractivity (Wildman–Crippen MR) is 115 cm³/mol. The number of hydrogen-bond donors (Lipinski definition) is 2. The van der Waals surface area contributed by atoms with Gasteiger partial charge >= 0.3 is 0 Å². The Balaban J connectivity index is 1.32. The van der Waals surface area contributed by atoms with Crippen LogP contribution in [0.5, 0.6) is 0 Å². The molecular weight excluding hydrogens is 401 g/mol. The van der Waals surface area contributed by atoms with Gasteiger partial charge in [0.1, 0.15) is 11.6 Å². The monoisotopic (exact) mass is 419 g/mol. The zero-order valence-electron chi connectivity index (χ0n) is 16.1. The third-order valence-electron chi connectivity index (χ3n) is 4.96. The molecule has 2 aromatic carbocycles. The summed E-state index contributed by atoms with van der Waals surface area (Å²) in [5.41, 5.74) is 4.25. The third kappa shape index (κ3) is 3.46. The van der Waals surface area contributed by atoms with Crippen molar-refractivity contribution < 1.29 is 9.18 Å². The number of amides is 1. The van der Waals surface area contributed by atoms with Crippen molar-refractivity contribution in [3.05, 3.63) is 77.4 Å². The summed E-state index contributed by atoms with van der Waals surface area (Å²) in [7, 11) is 0. The van der Waals surface area contributed by atoms with Crippen molar-refractivity contribution in [3.63, 3.8) is 0 Å². The minimum absolute atomic E-state index is 0.0975. The highest BCUT2D eigenvalue weighted by Crippen LogP contribution is 2.24. The second-order valence-electron chi connectivity index (χ2n) is 7.12. The van der Waals surface area contributed by atoms with Crippen molar-refractivity contribution >= 4 is 33.2 Å². The van der Waals surface area contributed by atoms with Crippen molar-refractivity contribution in [3.8, 4) is 11.3 Å². The molecule has 0 radical (unpaired) electrons. The summed E-state index contributed by atoms with van der Waals surface area (Å²) in [6.45, 7) is 1.91. The Labute approximate surface area is 175 Å². The molecule has 0 saturated heterocycles. The number of aromatic amines is 1. The maximum absolute atomic E-state index is 13.2. The molecule has 0 unspecified atom stereocenters. The second kappa shape index (κ2) is 7.38. The van der Waals surface area contributed by atoms with Crippen molar-refractivity contribution in [1.82, 2.24) is 24.7 Å². The van der Waals surface area contributed by atoms with E-state index in [2.05, 4.69) is 20.3 Å². The fraction of sp³-hybridized carbons (Fsp3) is 0.136. The molecule has 0 fully saturated rings. The molecule has 0 saturated carbocycles. The van der Waals surface area contributed by atoms with Crippen molar-refractivity contribution in [1.29, 1.82) is 0 Å². The number of imidazole rings is 2. The number of aromatic nitrogens is 4. The van der Waals surface area contributed by atoms with Crippen LogP contribution in [0.3, 0.4) is 0 Å². The summed E-state index contributed by atoms with van der Waals surface area (Å²) < 4.78 is 15.1. The molecule has 0 aliphatic carbocycles. The van der Waals surface area contributed by atoms with E-state index in [-0.39, 0.29) is 24.2 Å². The molecule has 150 valence electrons. The molecule has 0 bridgehead atoms. The molecular formula is C22H18FN5OS. The van der Waals surface area contributed by atoms with Crippen LogP contribution in [0, 0.1) is 5.82 Å². The van der Waals surface area contributed by atoms with Crippen LogP contribution in [0.15, 0.2) is 60.1 Å². The molecule has 2 N–H and O–H groups in total. The summed E-state index contributed by atoms with van der Waals surface area (Å²) in [6, 6.07) is 13.8. The van der Waals surface area contributed by atoms with Crippen molar-refractivity contribution in [2.75, 3.05) is 0 Å². The number of thiazole rings is 1. The van der Waals surface area contributed by atoms with Crippen LogP contribution in [-0.4, -0.2) is 25.3 Å². The number of halogens is 1. The van der Waals surface area contributed by atoms with Crippen LogP contribution < -0.4 is 5.32 Å². The lowest BCUT2D eigenvalue weighted by Gasteiger charge is -2.11. The van der Waals surface area contributed by atoms with E-state index in [1.807, 2.05) is 47.2 Å². The number of para-hydroxylation sites is 2. The zero-order valence-corrected chi connectivity index (χ0v) is 16.9. The lowest BCUT2D eigenvalue weighted by molar-refractivity contribution is -0.121. The number of carbonyl (C=O) groups is 1. The summed E-state index contributed by atoms with van der Waals surface area (Å²) >= 11 is 1.47. The summed E-state index contributed by atoms with van der Waals surface area (Å²) in [5.74, 6) is 0.344. The average Bonchev–Trinajstić information content (AvgIpc) is 3.43. The van der Waals surface area contributed by atoms with E-state index in [1.54, 1.807) is 12.1 Å². The van der Waals surface area contributed by atoms with Crippen LogP contribution in [-0.2, 0) is 11.2 Å². The number of carbonyl (C=O) groups excluding carboxylic acids is 1. The highest BCUT2D eigenvalue weighted by atomic mass is 32.1. The Kier molecular flexibility index (Phi) is 4.55. The van der Waals surface area contributed by atoms with Crippen LogP contribution in [0.4, 0.5) is 4.39 Å². The van der Waals surface area contributed by atoms with E-state index >= 15 is 0 Å². The van der Waals surface area contributed by atoms with Gasteiger partial charge in [0, 0.05) is 22.8 Å². The van der Waals surface area contributed by atoms with Gasteiger partial charge in [0.25, 0.3) is 0 Å². The van der Waals surface area contributed by atoms with Crippen molar-refractivity contribution in [2.24, 2.45) is 0 Å². The fourth-order valence-electron chi connectivity index (χ4n) is 3.42. The molecule has 5 rings (SSSR count). The maximum Gasteiger partial charge on any atom is 0.226 e. The van der Waals surface area contributed by atoms with E-state index in [9.17, 15) is 9.18 Å². The second-order valence-corrected chi connectivity index (χ2v) is 7.95. The first-order chi connectivity index (χ1) is 14.6. The van der Waals surface area contributed by atoms with E-state index in [0.717, 1.165) is 38.8 Å². The highest BCUT2D eigenvalue weighted by molar-refractivity contribution is 7.15. The summed E-state index contributed by atoms with van der Waals surface area (Å²) in [5, 5.41) is 4.93. The largest absolute Gasteiger partial charge is 0.346 e. The smallest absolute Gasteiger partial charge is 0.226 e. The van der Waals surface area contributed by atoms with E-state index < -0.39 is 0 Å². The van der Waals surface area contributed by atoms with Crippen LogP contribution in [0.25, 0.3) is 27.3 Å². The Morgan fingerprint density at radius 1 is 1.20 bits per heavy atom.